The van der Waals surface area contributed by atoms with Gasteiger partial charge in [-0.15, -0.1) is 0 Å². The third-order valence-electron chi connectivity index (χ3n) is 2.27. The molecule has 15 heavy (non-hydrogen) atoms. The predicted octanol–water partition coefficient (Wildman–Crippen LogP) is 1.29. The molecule has 0 saturated carbocycles. The highest BCUT2D eigenvalue weighted by molar-refractivity contribution is 5.29. The lowest BCUT2D eigenvalue weighted by Gasteiger charge is -2.12. The van der Waals surface area contributed by atoms with Gasteiger partial charge in [-0.2, -0.15) is 0 Å². The molecule has 0 aliphatic carbocycles. The molecule has 1 aromatic heterocycles. The molecule has 0 radical (unpaired) electrons. The SMILES string of the molecule is NC(Cn1ccnc1)c1cccc(O)c1. The molecule has 1 unspecified atom stereocenters. The van der Waals surface area contributed by atoms with Crippen molar-refractivity contribution in [3.63, 3.8) is 0 Å². The lowest BCUT2D eigenvalue weighted by atomic mass is 10.1. The van der Waals surface area contributed by atoms with Crippen molar-refractivity contribution in [2.75, 3.05) is 0 Å². The molecule has 1 heterocycles. The van der Waals surface area contributed by atoms with E-state index in [1.807, 2.05) is 16.8 Å². The minimum Gasteiger partial charge on any atom is -0.508 e. The number of aromatic hydroxyl groups is 1. The highest BCUT2D eigenvalue weighted by atomic mass is 16.3. The standard InChI is InChI=1S/C11H13N3O/c12-11(7-14-5-4-13-8-14)9-2-1-3-10(15)6-9/h1-6,8,11,15H,7,12H2. The summed E-state index contributed by atoms with van der Waals surface area (Å²) < 4.78 is 1.91. The number of imidazole rings is 1. The quantitative estimate of drug-likeness (QED) is 0.790. The van der Waals surface area contributed by atoms with Crippen LogP contribution in [0.3, 0.4) is 0 Å². The summed E-state index contributed by atoms with van der Waals surface area (Å²) in [4.78, 5) is 3.94. The number of hydrogen-bond donors (Lipinski definition) is 2. The van der Waals surface area contributed by atoms with Crippen LogP contribution in [0.25, 0.3) is 0 Å². The third kappa shape index (κ3) is 2.35. The molecule has 0 fully saturated rings. The van der Waals surface area contributed by atoms with Gasteiger partial charge in [0.2, 0.25) is 0 Å². The zero-order valence-electron chi connectivity index (χ0n) is 8.24. The lowest BCUT2D eigenvalue weighted by Crippen LogP contribution is -2.16. The zero-order valence-corrected chi connectivity index (χ0v) is 8.24. The molecule has 0 saturated heterocycles. The molecule has 0 aliphatic rings. The van der Waals surface area contributed by atoms with Crippen molar-refractivity contribution < 1.29 is 5.11 Å². The molecule has 0 amide bonds. The van der Waals surface area contributed by atoms with Gasteiger partial charge in [0.05, 0.1) is 6.33 Å². The van der Waals surface area contributed by atoms with Crippen LogP contribution >= 0.6 is 0 Å². The monoisotopic (exact) mass is 203 g/mol. The van der Waals surface area contributed by atoms with E-state index in [0.717, 1.165) is 5.56 Å². The first-order valence-electron chi connectivity index (χ1n) is 4.76. The molecule has 0 aliphatic heterocycles. The van der Waals surface area contributed by atoms with Crippen molar-refractivity contribution in [1.29, 1.82) is 0 Å². The Morgan fingerprint density at radius 1 is 1.47 bits per heavy atom. The topological polar surface area (TPSA) is 64.1 Å². The Labute approximate surface area is 88.0 Å². The molecule has 0 spiro atoms. The van der Waals surface area contributed by atoms with Crippen LogP contribution in [0.5, 0.6) is 5.75 Å². The van der Waals surface area contributed by atoms with Gasteiger partial charge in [0.15, 0.2) is 0 Å². The number of phenols is 1. The van der Waals surface area contributed by atoms with Crippen LogP contribution in [-0.4, -0.2) is 14.7 Å². The average molecular weight is 203 g/mol. The number of phenolic OH excluding ortho intramolecular Hbond substituents is 1. The van der Waals surface area contributed by atoms with E-state index in [1.54, 1.807) is 30.7 Å². The normalized spacial score (nSPS) is 12.6. The number of nitrogens with zero attached hydrogens (tertiary/aromatic N) is 2. The molecule has 2 rings (SSSR count). The highest BCUT2D eigenvalue weighted by Crippen LogP contribution is 2.17. The Hall–Kier alpha value is -1.81. The van der Waals surface area contributed by atoms with E-state index in [9.17, 15) is 5.11 Å². The summed E-state index contributed by atoms with van der Waals surface area (Å²) in [5.41, 5.74) is 6.92. The van der Waals surface area contributed by atoms with Crippen molar-refractivity contribution in [3.8, 4) is 5.75 Å². The highest BCUT2D eigenvalue weighted by Gasteiger charge is 2.06. The fourth-order valence-corrected chi connectivity index (χ4v) is 1.48. The van der Waals surface area contributed by atoms with Crippen LogP contribution in [-0.2, 0) is 6.54 Å². The van der Waals surface area contributed by atoms with E-state index >= 15 is 0 Å². The zero-order chi connectivity index (χ0) is 10.7. The van der Waals surface area contributed by atoms with E-state index in [2.05, 4.69) is 4.98 Å². The molecule has 78 valence electrons. The second kappa shape index (κ2) is 4.14. The van der Waals surface area contributed by atoms with Crippen molar-refractivity contribution in [3.05, 3.63) is 48.5 Å². The number of hydrogen-bond acceptors (Lipinski definition) is 3. The molecule has 1 aromatic carbocycles. The molecule has 2 aromatic rings. The Balaban J connectivity index is 2.11. The Kier molecular flexibility index (Phi) is 2.69. The number of rotatable bonds is 3. The van der Waals surface area contributed by atoms with Crippen LogP contribution in [0.2, 0.25) is 0 Å². The first kappa shape index (κ1) is 9.73. The molecule has 3 N–H and O–H groups in total. The van der Waals surface area contributed by atoms with E-state index in [4.69, 9.17) is 5.73 Å². The lowest BCUT2D eigenvalue weighted by molar-refractivity contribution is 0.472. The number of aromatic nitrogens is 2. The van der Waals surface area contributed by atoms with Gasteiger partial charge in [0.1, 0.15) is 5.75 Å². The van der Waals surface area contributed by atoms with Crippen LogP contribution in [0.4, 0.5) is 0 Å². The fourth-order valence-electron chi connectivity index (χ4n) is 1.48. The van der Waals surface area contributed by atoms with E-state index in [-0.39, 0.29) is 11.8 Å². The van der Waals surface area contributed by atoms with Gasteiger partial charge in [-0.05, 0) is 17.7 Å². The minimum absolute atomic E-state index is 0.133. The second-order valence-electron chi connectivity index (χ2n) is 3.46. The summed E-state index contributed by atoms with van der Waals surface area (Å²) in [6.07, 6.45) is 5.31. The Morgan fingerprint density at radius 2 is 2.33 bits per heavy atom. The first-order chi connectivity index (χ1) is 7.25. The van der Waals surface area contributed by atoms with Gasteiger partial charge < -0.3 is 15.4 Å². The van der Waals surface area contributed by atoms with Crippen molar-refractivity contribution in [2.24, 2.45) is 5.73 Å². The van der Waals surface area contributed by atoms with Crippen LogP contribution < -0.4 is 5.73 Å². The van der Waals surface area contributed by atoms with Crippen LogP contribution in [0.1, 0.15) is 11.6 Å². The number of benzene rings is 1. The fraction of sp³-hybridized carbons (Fsp3) is 0.182. The largest absolute Gasteiger partial charge is 0.508 e. The maximum absolute atomic E-state index is 9.31. The van der Waals surface area contributed by atoms with Crippen LogP contribution in [0, 0.1) is 0 Å². The summed E-state index contributed by atoms with van der Waals surface area (Å²) in [6.45, 7) is 0.656. The van der Waals surface area contributed by atoms with Gasteiger partial charge in [-0.3, -0.25) is 0 Å². The smallest absolute Gasteiger partial charge is 0.115 e. The molecule has 1 atom stereocenters. The Bertz CT molecular complexity index is 425. The van der Waals surface area contributed by atoms with Crippen molar-refractivity contribution >= 4 is 0 Å². The molecule has 0 bridgehead atoms. The summed E-state index contributed by atoms with van der Waals surface area (Å²) in [5, 5.41) is 9.31. The van der Waals surface area contributed by atoms with E-state index in [0.29, 0.717) is 6.54 Å². The molecular weight excluding hydrogens is 190 g/mol. The first-order valence-corrected chi connectivity index (χ1v) is 4.76. The summed E-state index contributed by atoms with van der Waals surface area (Å²) in [5.74, 6) is 0.244. The van der Waals surface area contributed by atoms with E-state index < -0.39 is 0 Å². The average Bonchev–Trinajstić information content (AvgIpc) is 2.70. The predicted molar refractivity (Wildman–Crippen MR) is 57.3 cm³/mol. The summed E-state index contributed by atoms with van der Waals surface area (Å²) >= 11 is 0. The molecule has 4 nitrogen and oxygen atoms in total. The van der Waals surface area contributed by atoms with Crippen molar-refractivity contribution in [1.82, 2.24) is 9.55 Å². The van der Waals surface area contributed by atoms with Crippen LogP contribution in [0.15, 0.2) is 43.0 Å². The summed E-state index contributed by atoms with van der Waals surface area (Å²) in [6, 6.07) is 6.88. The third-order valence-corrected chi connectivity index (χ3v) is 2.27. The maximum atomic E-state index is 9.31. The Morgan fingerprint density at radius 3 is 3.00 bits per heavy atom. The molecular formula is C11H13N3O. The molecule has 4 heteroatoms. The van der Waals surface area contributed by atoms with Gasteiger partial charge >= 0.3 is 0 Å². The van der Waals surface area contributed by atoms with E-state index in [1.165, 1.54) is 0 Å². The maximum Gasteiger partial charge on any atom is 0.115 e. The van der Waals surface area contributed by atoms with Gasteiger partial charge in [-0.25, -0.2) is 4.98 Å². The van der Waals surface area contributed by atoms with Gasteiger partial charge in [-0.1, -0.05) is 12.1 Å². The van der Waals surface area contributed by atoms with Gasteiger partial charge in [0, 0.05) is 25.0 Å². The number of nitrogens with two attached hydrogens (primary N) is 1. The van der Waals surface area contributed by atoms with Gasteiger partial charge in [0.25, 0.3) is 0 Å². The second-order valence-corrected chi connectivity index (χ2v) is 3.46. The minimum atomic E-state index is -0.133. The summed E-state index contributed by atoms with van der Waals surface area (Å²) in [7, 11) is 0. The van der Waals surface area contributed by atoms with Crippen molar-refractivity contribution in [2.45, 2.75) is 12.6 Å².